The van der Waals surface area contributed by atoms with E-state index < -0.39 is 0 Å². The summed E-state index contributed by atoms with van der Waals surface area (Å²) in [5, 5.41) is 10.2. The molecule has 2 rings (SSSR count). The Morgan fingerprint density at radius 3 is 2.50 bits per heavy atom. The van der Waals surface area contributed by atoms with Gasteiger partial charge in [0.1, 0.15) is 0 Å². The minimum atomic E-state index is -0.112. The fourth-order valence-electron chi connectivity index (χ4n) is 2.96. The lowest BCUT2D eigenvalue weighted by Crippen LogP contribution is -2.31. The largest absolute Gasteiger partial charge is 0.393 e. The molecule has 2 unspecified atom stereocenters. The third kappa shape index (κ3) is 2.46. The highest BCUT2D eigenvalue weighted by Gasteiger charge is 2.31. The van der Waals surface area contributed by atoms with Gasteiger partial charge in [0.05, 0.1) is 6.10 Å². The number of benzene rings is 1. The molecule has 0 aliphatic heterocycles. The maximum atomic E-state index is 10.2. The van der Waals surface area contributed by atoms with Crippen molar-refractivity contribution < 1.29 is 5.11 Å². The maximum Gasteiger partial charge on any atom is 0.0576 e. The number of hydrogen-bond donors (Lipinski definition) is 1. The number of hydrogen-bond acceptors (Lipinski definition) is 1. The van der Waals surface area contributed by atoms with Crippen molar-refractivity contribution in [2.24, 2.45) is 11.8 Å². The summed E-state index contributed by atoms with van der Waals surface area (Å²) in [6.07, 6.45) is 3.29. The van der Waals surface area contributed by atoms with E-state index in [2.05, 4.69) is 44.2 Å². The van der Waals surface area contributed by atoms with E-state index in [9.17, 15) is 5.11 Å². The van der Waals surface area contributed by atoms with Gasteiger partial charge < -0.3 is 5.11 Å². The summed E-state index contributed by atoms with van der Waals surface area (Å²) in [4.78, 5) is 0. The summed E-state index contributed by atoms with van der Waals surface area (Å²) in [6.45, 7) is 4.49. The molecule has 1 aliphatic carbocycles. The SMILES string of the molecule is CC(c1ccccc1)C1CC[C@@H](C)C[C@H]1O. The predicted octanol–water partition coefficient (Wildman–Crippen LogP) is 3.59. The predicted molar refractivity (Wildman–Crippen MR) is 67.4 cm³/mol. The molecule has 1 nitrogen and oxygen atoms in total. The van der Waals surface area contributed by atoms with Crippen LogP contribution in [0.3, 0.4) is 0 Å². The lowest BCUT2D eigenvalue weighted by molar-refractivity contribution is 0.0379. The summed E-state index contributed by atoms with van der Waals surface area (Å²) < 4.78 is 0. The molecular formula is C15H22O. The highest BCUT2D eigenvalue weighted by Crippen LogP contribution is 2.37. The van der Waals surface area contributed by atoms with Crippen molar-refractivity contribution in [3.63, 3.8) is 0 Å². The molecule has 0 bridgehead atoms. The van der Waals surface area contributed by atoms with Crippen LogP contribution >= 0.6 is 0 Å². The third-order valence-electron chi connectivity index (χ3n) is 4.10. The van der Waals surface area contributed by atoms with E-state index in [1.54, 1.807) is 0 Å². The van der Waals surface area contributed by atoms with Gasteiger partial charge in [0.25, 0.3) is 0 Å². The number of aliphatic hydroxyl groups excluding tert-OH is 1. The van der Waals surface area contributed by atoms with Crippen LogP contribution in [-0.4, -0.2) is 11.2 Å². The fourth-order valence-corrected chi connectivity index (χ4v) is 2.96. The van der Waals surface area contributed by atoms with Crippen LogP contribution in [0.5, 0.6) is 0 Å². The third-order valence-corrected chi connectivity index (χ3v) is 4.10. The van der Waals surface area contributed by atoms with E-state index >= 15 is 0 Å². The first kappa shape index (κ1) is 11.7. The molecule has 1 saturated carbocycles. The molecule has 0 radical (unpaired) electrons. The Bertz CT molecular complexity index is 319. The molecule has 0 spiro atoms. The second-order valence-corrected chi connectivity index (χ2v) is 5.35. The van der Waals surface area contributed by atoms with Crippen LogP contribution in [0.1, 0.15) is 44.6 Å². The zero-order chi connectivity index (χ0) is 11.5. The molecule has 88 valence electrons. The summed E-state index contributed by atoms with van der Waals surface area (Å²) >= 11 is 0. The lowest BCUT2D eigenvalue weighted by atomic mass is 9.73. The molecule has 4 atom stereocenters. The van der Waals surface area contributed by atoms with Crippen LogP contribution in [0, 0.1) is 11.8 Å². The van der Waals surface area contributed by atoms with Crippen LogP contribution in [0.25, 0.3) is 0 Å². The van der Waals surface area contributed by atoms with Crippen LogP contribution < -0.4 is 0 Å². The quantitative estimate of drug-likeness (QED) is 0.804. The molecule has 1 heteroatoms. The first-order valence-electron chi connectivity index (χ1n) is 6.41. The molecule has 1 fully saturated rings. The van der Waals surface area contributed by atoms with Crippen LogP contribution in [0.4, 0.5) is 0 Å². The van der Waals surface area contributed by atoms with Crippen LogP contribution in [-0.2, 0) is 0 Å². The second kappa shape index (κ2) is 5.01. The fraction of sp³-hybridized carbons (Fsp3) is 0.600. The first-order chi connectivity index (χ1) is 7.68. The van der Waals surface area contributed by atoms with Crippen LogP contribution in [0.2, 0.25) is 0 Å². The molecular weight excluding hydrogens is 196 g/mol. The van der Waals surface area contributed by atoms with Gasteiger partial charge in [-0.1, -0.05) is 50.6 Å². The van der Waals surface area contributed by atoms with Crippen molar-refractivity contribution in [3.05, 3.63) is 35.9 Å². The molecule has 0 heterocycles. The molecule has 1 aromatic rings. The zero-order valence-corrected chi connectivity index (χ0v) is 10.3. The number of rotatable bonds is 2. The molecule has 1 N–H and O–H groups in total. The van der Waals surface area contributed by atoms with E-state index in [0.717, 1.165) is 6.42 Å². The van der Waals surface area contributed by atoms with Gasteiger partial charge in [-0.3, -0.25) is 0 Å². The maximum absolute atomic E-state index is 10.2. The van der Waals surface area contributed by atoms with Gasteiger partial charge >= 0.3 is 0 Å². The topological polar surface area (TPSA) is 20.2 Å². The minimum absolute atomic E-state index is 0.112. The van der Waals surface area contributed by atoms with Crippen molar-refractivity contribution >= 4 is 0 Å². The normalized spacial score (nSPS) is 32.3. The van der Waals surface area contributed by atoms with E-state index in [1.165, 1.54) is 18.4 Å². The smallest absolute Gasteiger partial charge is 0.0576 e. The Labute approximate surface area is 98.5 Å². The first-order valence-corrected chi connectivity index (χ1v) is 6.41. The van der Waals surface area contributed by atoms with Crippen molar-refractivity contribution in [2.75, 3.05) is 0 Å². The summed E-state index contributed by atoms with van der Waals surface area (Å²) in [5.41, 5.74) is 1.36. The molecule has 1 aromatic carbocycles. The van der Waals surface area contributed by atoms with Gasteiger partial charge in [0, 0.05) is 0 Å². The average Bonchev–Trinajstić information content (AvgIpc) is 2.29. The van der Waals surface area contributed by atoms with Gasteiger partial charge in [-0.15, -0.1) is 0 Å². The van der Waals surface area contributed by atoms with Crippen molar-refractivity contribution in [3.8, 4) is 0 Å². The van der Waals surface area contributed by atoms with Gasteiger partial charge in [-0.2, -0.15) is 0 Å². The standard InChI is InChI=1S/C15H22O/c1-11-8-9-14(15(16)10-11)12(2)13-6-4-3-5-7-13/h3-7,11-12,14-16H,8-10H2,1-2H3/t11-,12?,14?,15-/m1/s1. The molecule has 1 aliphatic rings. The van der Waals surface area contributed by atoms with Crippen molar-refractivity contribution in [1.82, 2.24) is 0 Å². The monoisotopic (exact) mass is 218 g/mol. The summed E-state index contributed by atoms with van der Waals surface area (Å²) in [7, 11) is 0. The molecule has 0 saturated heterocycles. The van der Waals surface area contributed by atoms with Gasteiger partial charge in [-0.25, -0.2) is 0 Å². The van der Waals surface area contributed by atoms with Crippen molar-refractivity contribution in [2.45, 2.75) is 45.1 Å². The summed E-state index contributed by atoms with van der Waals surface area (Å²) in [5.74, 6) is 1.61. The Morgan fingerprint density at radius 2 is 1.88 bits per heavy atom. The van der Waals surface area contributed by atoms with E-state index in [0.29, 0.717) is 17.8 Å². The zero-order valence-electron chi connectivity index (χ0n) is 10.3. The highest BCUT2D eigenvalue weighted by atomic mass is 16.3. The average molecular weight is 218 g/mol. The Morgan fingerprint density at radius 1 is 1.19 bits per heavy atom. The lowest BCUT2D eigenvalue weighted by Gasteiger charge is -2.35. The highest BCUT2D eigenvalue weighted by molar-refractivity contribution is 5.20. The molecule has 0 aromatic heterocycles. The van der Waals surface area contributed by atoms with E-state index in [-0.39, 0.29) is 6.10 Å². The minimum Gasteiger partial charge on any atom is -0.393 e. The van der Waals surface area contributed by atoms with E-state index in [1.807, 2.05) is 0 Å². The van der Waals surface area contributed by atoms with Gasteiger partial charge in [0.2, 0.25) is 0 Å². The van der Waals surface area contributed by atoms with Gasteiger partial charge in [0.15, 0.2) is 0 Å². The Kier molecular flexibility index (Phi) is 3.65. The Hall–Kier alpha value is -0.820. The second-order valence-electron chi connectivity index (χ2n) is 5.35. The summed E-state index contributed by atoms with van der Waals surface area (Å²) in [6, 6.07) is 10.6. The van der Waals surface area contributed by atoms with Gasteiger partial charge in [-0.05, 0) is 36.2 Å². The van der Waals surface area contributed by atoms with Crippen LogP contribution in [0.15, 0.2) is 30.3 Å². The van der Waals surface area contributed by atoms with Crippen molar-refractivity contribution in [1.29, 1.82) is 0 Å². The van der Waals surface area contributed by atoms with E-state index in [4.69, 9.17) is 0 Å². The Balaban J connectivity index is 2.07. The molecule has 0 amide bonds. The molecule has 16 heavy (non-hydrogen) atoms. The number of aliphatic hydroxyl groups is 1.